The number of morpholine rings is 1. The lowest BCUT2D eigenvalue weighted by Gasteiger charge is -2.30. The van der Waals surface area contributed by atoms with Gasteiger partial charge in [0.25, 0.3) is 5.91 Å². The summed E-state index contributed by atoms with van der Waals surface area (Å²) >= 11 is 0. The molecule has 1 fully saturated rings. The van der Waals surface area contributed by atoms with E-state index in [2.05, 4.69) is 5.32 Å². The van der Waals surface area contributed by atoms with E-state index >= 15 is 0 Å². The number of amides is 1. The Morgan fingerprint density at radius 2 is 1.89 bits per heavy atom. The third kappa shape index (κ3) is 2.70. The lowest BCUT2D eigenvalue weighted by Crippen LogP contribution is -2.56. The van der Waals surface area contributed by atoms with Gasteiger partial charge in [-0.1, -0.05) is 44.2 Å². The minimum Gasteiger partial charge on any atom is -0.450 e. The van der Waals surface area contributed by atoms with Gasteiger partial charge in [-0.05, 0) is 11.5 Å². The van der Waals surface area contributed by atoms with Crippen LogP contribution in [0.3, 0.4) is 0 Å². The summed E-state index contributed by atoms with van der Waals surface area (Å²) in [6.07, 6.45) is -0.194. The molecule has 0 unspecified atom stereocenters. The molecule has 1 amide bonds. The highest BCUT2D eigenvalue weighted by molar-refractivity contribution is 5.92. The van der Waals surface area contributed by atoms with Gasteiger partial charge in [-0.2, -0.15) is 0 Å². The van der Waals surface area contributed by atoms with Gasteiger partial charge in [-0.15, -0.1) is 0 Å². The molecule has 0 bridgehead atoms. The Hall–Kier alpha value is -1.84. The van der Waals surface area contributed by atoms with Crippen molar-refractivity contribution < 1.29 is 14.3 Å². The smallest absolute Gasteiger partial charge is 0.329 e. The molecule has 0 aromatic heterocycles. The molecule has 1 saturated heterocycles. The molecule has 0 saturated carbocycles. The number of esters is 1. The molecule has 1 aliphatic rings. The van der Waals surface area contributed by atoms with Crippen molar-refractivity contribution in [3.05, 3.63) is 35.9 Å². The molecule has 1 aromatic carbocycles. The number of hydrogen-bond acceptors (Lipinski definition) is 3. The quantitative estimate of drug-likeness (QED) is 0.819. The van der Waals surface area contributed by atoms with Crippen molar-refractivity contribution in [3.8, 4) is 0 Å². The van der Waals surface area contributed by atoms with E-state index in [4.69, 9.17) is 4.74 Å². The van der Waals surface area contributed by atoms with E-state index < -0.39 is 12.1 Å². The fourth-order valence-corrected chi connectivity index (χ4v) is 2.00. The van der Waals surface area contributed by atoms with Crippen LogP contribution in [0.5, 0.6) is 0 Å². The molecule has 1 aromatic rings. The van der Waals surface area contributed by atoms with Gasteiger partial charge in [0.1, 0.15) is 6.04 Å². The summed E-state index contributed by atoms with van der Waals surface area (Å²) in [7, 11) is 0. The average Bonchev–Trinajstić information content (AvgIpc) is 2.34. The van der Waals surface area contributed by atoms with E-state index in [1.807, 2.05) is 44.2 Å². The van der Waals surface area contributed by atoms with Crippen LogP contribution in [0.15, 0.2) is 30.3 Å². The number of carbonyl (C=O) groups is 2. The average molecular weight is 247 g/mol. The van der Waals surface area contributed by atoms with Crippen LogP contribution in [-0.2, 0) is 20.7 Å². The molecule has 0 aliphatic carbocycles. The van der Waals surface area contributed by atoms with E-state index in [1.165, 1.54) is 0 Å². The van der Waals surface area contributed by atoms with Gasteiger partial charge in [0.05, 0.1) is 0 Å². The summed E-state index contributed by atoms with van der Waals surface area (Å²) in [5.74, 6) is -0.561. The summed E-state index contributed by atoms with van der Waals surface area (Å²) in [4.78, 5) is 23.6. The SMILES string of the molecule is CC(C)[C@@H]1OC(=O)[C@@H](Cc2ccccc2)NC1=O. The normalized spacial score (nSPS) is 23.7. The first kappa shape index (κ1) is 12.6. The summed E-state index contributed by atoms with van der Waals surface area (Å²) in [6.45, 7) is 3.71. The summed E-state index contributed by atoms with van der Waals surface area (Å²) in [5.41, 5.74) is 1.00. The highest BCUT2D eigenvalue weighted by Gasteiger charge is 2.37. The van der Waals surface area contributed by atoms with Gasteiger partial charge in [-0.25, -0.2) is 4.79 Å². The van der Waals surface area contributed by atoms with Crippen molar-refractivity contribution in [2.24, 2.45) is 5.92 Å². The molecule has 2 atom stereocenters. The second-order valence-electron chi connectivity index (χ2n) is 4.85. The first-order valence-corrected chi connectivity index (χ1v) is 6.12. The van der Waals surface area contributed by atoms with Gasteiger partial charge in [0, 0.05) is 6.42 Å². The van der Waals surface area contributed by atoms with Crippen LogP contribution in [0.1, 0.15) is 19.4 Å². The molecule has 0 radical (unpaired) electrons. The molecule has 1 heterocycles. The van der Waals surface area contributed by atoms with Crippen molar-refractivity contribution in [1.82, 2.24) is 5.32 Å². The number of hydrogen-bond donors (Lipinski definition) is 1. The highest BCUT2D eigenvalue weighted by atomic mass is 16.6. The Morgan fingerprint density at radius 3 is 2.50 bits per heavy atom. The predicted octanol–water partition coefficient (Wildman–Crippen LogP) is 1.30. The molecule has 0 spiro atoms. The molecule has 18 heavy (non-hydrogen) atoms. The lowest BCUT2D eigenvalue weighted by atomic mass is 10.0. The molecule has 4 nitrogen and oxygen atoms in total. The van der Waals surface area contributed by atoms with Crippen LogP contribution in [0.25, 0.3) is 0 Å². The number of carbonyl (C=O) groups excluding carboxylic acids is 2. The highest BCUT2D eigenvalue weighted by Crippen LogP contribution is 2.15. The van der Waals surface area contributed by atoms with Crippen LogP contribution in [0, 0.1) is 5.92 Å². The summed E-state index contributed by atoms with van der Waals surface area (Å²) in [5, 5.41) is 2.73. The number of rotatable bonds is 3. The molecular formula is C14H17NO3. The maximum atomic E-state index is 11.8. The number of ether oxygens (including phenoxy) is 1. The topological polar surface area (TPSA) is 55.4 Å². The first-order chi connectivity index (χ1) is 8.58. The molecule has 1 aliphatic heterocycles. The van der Waals surface area contributed by atoms with Crippen molar-refractivity contribution in [2.45, 2.75) is 32.4 Å². The van der Waals surface area contributed by atoms with E-state index in [9.17, 15) is 9.59 Å². The number of cyclic esters (lactones) is 1. The third-order valence-electron chi connectivity index (χ3n) is 2.99. The largest absolute Gasteiger partial charge is 0.450 e. The van der Waals surface area contributed by atoms with Crippen molar-refractivity contribution in [3.63, 3.8) is 0 Å². The van der Waals surface area contributed by atoms with Crippen molar-refractivity contribution in [1.29, 1.82) is 0 Å². The second kappa shape index (κ2) is 5.21. The van der Waals surface area contributed by atoms with Crippen LogP contribution in [0.4, 0.5) is 0 Å². The van der Waals surface area contributed by atoms with Crippen molar-refractivity contribution >= 4 is 11.9 Å². The summed E-state index contributed by atoms with van der Waals surface area (Å²) in [6, 6.07) is 9.00. The Morgan fingerprint density at radius 1 is 1.22 bits per heavy atom. The predicted molar refractivity (Wildman–Crippen MR) is 66.8 cm³/mol. The molecular weight excluding hydrogens is 230 g/mol. The van der Waals surface area contributed by atoms with Gasteiger partial charge in [0.15, 0.2) is 6.10 Å². The monoisotopic (exact) mass is 247 g/mol. The van der Waals surface area contributed by atoms with E-state index in [0.29, 0.717) is 6.42 Å². The minimum absolute atomic E-state index is 0.00775. The van der Waals surface area contributed by atoms with E-state index in [1.54, 1.807) is 0 Å². The van der Waals surface area contributed by atoms with Gasteiger partial charge < -0.3 is 10.1 Å². The maximum Gasteiger partial charge on any atom is 0.329 e. The fourth-order valence-electron chi connectivity index (χ4n) is 2.00. The molecule has 1 N–H and O–H groups in total. The first-order valence-electron chi connectivity index (χ1n) is 6.12. The number of benzene rings is 1. The van der Waals surface area contributed by atoms with Gasteiger partial charge in [0.2, 0.25) is 0 Å². The second-order valence-corrected chi connectivity index (χ2v) is 4.85. The van der Waals surface area contributed by atoms with Crippen LogP contribution in [-0.4, -0.2) is 24.0 Å². The van der Waals surface area contributed by atoms with Crippen LogP contribution in [0.2, 0.25) is 0 Å². The summed E-state index contributed by atoms with van der Waals surface area (Å²) < 4.78 is 5.19. The molecule has 2 rings (SSSR count). The minimum atomic E-state index is -0.662. The Labute approximate surface area is 106 Å². The zero-order valence-corrected chi connectivity index (χ0v) is 10.6. The fraction of sp³-hybridized carbons (Fsp3) is 0.429. The third-order valence-corrected chi connectivity index (χ3v) is 2.99. The van der Waals surface area contributed by atoms with E-state index in [-0.39, 0.29) is 17.8 Å². The zero-order valence-electron chi connectivity index (χ0n) is 10.6. The lowest BCUT2D eigenvalue weighted by molar-refractivity contribution is -0.168. The van der Waals surface area contributed by atoms with Gasteiger partial charge >= 0.3 is 5.97 Å². The van der Waals surface area contributed by atoms with Crippen LogP contribution < -0.4 is 5.32 Å². The van der Waals surface area contributed by atoms with Crippen LogP contribution >= 0.6 is 0 Å². The standard InChI is InChI=1S/C14H17NO3/c1-9(2)12-13(16)15-11(14(17)18-12)8-10-6-4-3-5-7-10/h3-7,9,11-12H,8H2,1-2H3,(H,15,16)/t11-,12+/m1/s1. The molecule has 4 heteroatoms. The zero-order chi connectivity index (χ0) is 13.1. The molecule has 96 valence electrons. The maximum absolute atomic E-state index is 11.8. The Bertz CT molecular complexity index is 442. The Balaban J connectivity index is 2.04. The van der Waals surface area contributed by atoms with E-state index in [0.717, 1.165) is 5.56 Å². The Kier molecular flexibility index (Phi) is 3.65. The van der Waals surface area contributed by atoms with Crippen molar-refractivity contribution in [2.75, 3.05) is 0 Å². The van der Waals surface area contributed by atoms with Gasteiger partial charge in [-0.3, -0.25) is 4.79 Å². The number of nitrogens with one attached hydrogen (secondary N) is 1.